The third-order valence-electron chi connectivity index (χ3n) is 4.88. The molecule has 0 aromatic heterocycles. The molecular formula is C19H27N2O3+. The summed E-state index contributed by atoms with van der Waals surface area (Å²) < 4.78 is 10.6. The Labute approximate surface area is 143 Å². The number of carbonyl (C=O) groups excluding carboxylic acids is 1. The van der Waals surface area contributed by atoms with Gasteiger partial charge in [-0.1, -0.05) is 6.07 Å². The van der Waals surface area contributed by atoms with E-state index in [1.54, 1.807) is 17.1 Å². The normalized spacial score (nSPS) is 22.7. The molecule has 1 saturated heterocycles. The zero-order chi connectivity index (χ0) is 16.8. The molecule has 0 radical (unpaired) electrons. The van der Waals surface area contributed by atoms with Gasteiger partial charge in [-0.15, -0.1) is 0 Å². The van der Waals surface area contributed by atoms with Crippen molar-refractivity contribution >= 4 is 12.0 Å². The minimum atomic E-state index is -0.0469. The average molecular weight is 331 g/mol. The summed E-state index contributed by atoms with van der Waals surface area (Å²) >= 11 is 0. The van der Waals surface area contributed by atoms with Gasteiger partial charge in [-0.3, -0.25) is 4.79 Å². The molecule has 1 amide bonds. The lowest BCUT2D eigenvalue weighted by atomic mass is 10.0. The Morgan fingerprint density at radius 3 is 3.08 bits per heavy atom. The van der Waals surface area contributed by atoms with Gasteiger partial charge in [0.2, 0.25) is 12.7 Å². The number of quaternary nitrogens is 1. The second-order valence-corrected chi connectivity index (χ2v) is 6.65. The van der Waals surface area contributed by atoms with Crippen LogP contribution in [0.25, 0.3) is 6.08 Å². The monoisotopic (exact) mass is 331 g/mol. The van der Waals surface area contributed by atoms with Crippen molar-refractivity contribution in [1.82, 2.24) is 5.32 Å². The van der Waals surface area contributed by atoms with Crippen LogP contribution in [0.2, 0.25) is 0 Å². The molecule has 1 unspecified atom stereocenters. The Balaban J connectivity index is 1.38. The molecule has 2 heterocycles. The molecule has 0 bridgehead atoms. The smallest absolute Gasteiger partial charge is 0.244 e. The van der Waals surface area contributed by atoms with Crippen molar-refractivity contribution in [3.63, 3.8) is 0 Å². The van der Waals surface area contributed by atoms with E-state index in [0.29, 0.717) is 0 Å². The number of ether oxygens (including phenoxy) is 2. The van der Waals surface area contributed by atoms with Crippen LogP contribution in [0.5, 0.6) is 11.5 Å². The van der Waals surface area contributed by atoms with Gasteiger partial charge in [-0.2, -0.15) is 0 Å². The molecule has 130 valence electrons. The highest BCUT2D eigenvalue weighted by Crippen LogP contribution is 2.32. The van der Waals surface area contributed by atoms with E-state index in [2.05, 4.69) is 12.2 Å². The number of hydrogen-bond donors (Lipinski definition) is 2. The van der Waals surface area contributed by atoms with E-state index in [1.807, 2.05) is 18.2 Å². The summed E-state index contributed by atoms with van der Waals surface area (Å²) in [7, 11) is 0. The summed E-state index contributed by atoms with van der Waals surface area (Å²) in [6.07, 6.45) is 8.45. The number of likely N-dealkylation sites (tertiary alicyclic amines) is 1. The summed E-state index contributed by atoms with van der Waals surface area (Å²) in [5.41, 5.74) is 0.931. The van der Waals surface area contributed by atoms with E-state index < -0.39 is 0 Å². The molecule has 2 aliphatic heterocycles. The minimum absolute atomic E-state index is 0.0469. The highest BCUT2D eigenvalue weighted by Gasteiger charge is 2.20. The molecule has 1 fully saturated rings. The third-order valence-corrected chi connectivity index (χ3v) is 4.88. The molecule has 24 heavy (non-hydrogen) atoms. The van der Waals surface area contributed by atoms with Crippen LogP contribution < -0.4 is 19.7 Å². The summed E-state index contributed by atoms with van der Waals surface area (Å²) in [5, 5.41) is 2.96. The maximum absolute atomic E-state index is 11.9. The van der Waals surface area contributed by atoms with Crippen molar-refractivity contribution in [2.24, 2.45) is 0 Å². The maximum atomic E-state index is 11.9. The van der Waals surface area contributed by atoms with Crippen LogP contribution in [0.3, 0.4) is 0 Å². The molecule has 2 atom stereocenters. The lowest BCUT2D eigenvalue weighted by Gasteiger charge is -2.30. The number of nitrogens with one attached hydrogen (secondary N) is 2. The lowest BCUT2D eigenvalue weighted by molar-refractivity contribution is -0.928. The number of rotatable bonds is 6. The van der Waals surface area contributed by atoms with E-state index >= 15 is 0 Å². The van der Waals surface area contributed by atoms with Crippen LogP contribution >= 0.6 is 0 Å². The van der Waals surface area contributed by atoms with Crippen molar-refractivity contribution < 1.29 is 19.2 Å². The van der Waals surface area contributed by atoms with Crippen molar-refractivity contribution in [3.8, 4) is 11.5 Å². The zero-order valence-corrected chi connectivity index (χ0v) is 14.3. The molecule has 0 saturated carbocycles. The van der Waals surface area contributed by atoms with E-state index in [-0.39, 0.29) is 12.7 Å². The first kappa shape index (κ1) is 16.8. The summed E-state index contributed by atoms with van der Waals surface area (Å²) in [6, 6.07) is 6.43. The first-order chi connectivity index (χ1) is 11.7. The maximum Gasteiger partial charge on any atom is 0.244 e. The van der Waals surface area contributed by atoms with Crippen LogP contribution in [-0.4, -0.2) is 38.4 Å². The number of amides is 1. The Kier molecular flexibility index (Phi) is 5.75. The van der Waals surface area contributed by atoms with Crippen molar-refractivity contribution in [2.45, 2.75) is 38.6 Å². The van der Waals surface area contributed by atoms with Gasteiger partial charge < -0.3 is 19.7 Å². The molecule has 2 aliphatic rings. The van der Waals surface area contributed by atoms with Gasteiger partial charge in [0.05, 0.1) is 19.1 Å². The topological polar surface area (TPSA) is 52.0 Å². The SMILES string of the molecule is C[C@H]1CCCC[NH+]1CCCNC(=O)/C=C/c1ccc2c(c1)OCO2. The zero-order valence-electron chi connectivity index (χ0n) is 14.3. The van der Waals surface area contributed by atoms with Crippen molar-refractivity contribution in [2.75, 3.05) is 26.4 Å². The van der Waals surface area contributed by atoms with Crippen molar-refractivity contribution in [1.29, 1.82) is 0 Å². The fourth-order valence-electron chi connectivity index (χ4n) is 3.40. The molecule has 2 N–H and O–H groups in total. The molecule has 5 nitrogen and oxygen atoms in total. The van der Waals surface area contributed by atoms with Gasteiger partial charge in [-0.05, 0) is 50.0 Å². The number of fused-ring (bicyclic) bond motifs is 1. The Morgan fingerprint density at radius 2 is 2.21 bits per heavy atom. The largest absolute Gasteiger partial charge is 0.454 e. The van der Waals surface area contributed by atoms with E-state index in [0.717, 1.165) is 42.6 Å². The Hall–Kier alpha value is -2.01. The highest BCUT2D eigenvalue weighted by atomic mass is 16.7. The van der Waals surface area contributed by atoms with Gasteiger partial charge in [0.25, 0.3) is 0 Å². The van der Waals surface area contributed by atoms with Gasteiger partial charge in [-0.25, -0.2) is 0 Å². The molecule has 1 aromatic carbocycles. The number of carbonyl (C=O) groups is 1. The summed E-state index contributed by atoms with van der Waals surface area (Å²) in [6.45, 7) is 5.76. The third kappa shape index (κ3) is 4.51. The van der Waals surface area contributed by atoms with Gasteiger partial charge >= 0.3 is 0 Å². The lowest BCUT2D eigenvalue weighted by Crippen LogP contribution is -3.16. The standard InChI is InChI=1S/C19H26N2O3/c1-15-5-2-3-11-21(15)12-4-10-20-19(22)9-7-16-6-8-17-18(13-16)24-14-23-17/h6-9,13,15H,2-5,10-12,14H2,1H3,(H,20,22)/p+1/b9-7+/t15-/m0/s1. The van der Waals surface area contributed by atoms with Crippen LogP contribution in [0.15, 0.2) is 24.3 Å². The molecule has 5 heteroatoms. The van der Waals surface area contributed by atoms with Crippen LogP contribution in [-0.2, 0) is 4.79 Å². The number of benzene rings is 1. The second-order valence-electron chi connectivity index (χ2n) is 6.65. The van der Waals surface area contributed by atoms with E-state index in [9.17, 15) is 4.79 Å². The minimum Gasteiger partial charge on any atom is -0.454 e. The molecule has 1 aromatic rings. The van der Waals surface area contributed by atoms with Crippen LogP contribution in [0.4, 0.5) is 0 Å². The average Bonchev–Trinajstić information content (AvgIpc) is 3.06. The van der Waals surface area contributed by atoms with Crippen molar-refractivity contribution in [3.05, 3.63) is 29.8 Å². The predicted molar refractivity (Wildman–Crippen MR) is 93.2 cm³/mol. The van der Waals surface area contributed by atoms with Gasteiger partial charge in [0.15, 0.2) is 11.5 Å². The first-order valence-electron chi connectivity index (χ1n) is 8.92. The van der Waals surface area contributed by atoms with E-state index in [4.69, 9.17) is 9.47 Å². The first-order valence-corrected chi connectivity index (χ1v) is 8.92. The highest BCUT2D eigenvalue weighted by molar-refractivity contribution is 5.91. The molecule has 3 rings (SSSR count). The van der Waals surface area contributed by atoms with Crippen LogP contribution in [0, 0.1) is 0 Å². The quantitative estimate of drug-likeness (QED) is 0.612. The Bertz CT molecular complexity index is 600. The van der Waals surface area contributed by atoms with E-state index in [1.165, 1.54) is 25.8 Å². The summed E-state index contributed by atoms with van der Waals surface area (Å²) in [4.78, 5) is 13.6. The van der Waals surface area contributed by atoms with Gasteiger partial charge in [0.1, 0.15) is 0 Å². The second kappa shape index (κ2) is 8.20. The van der Waals surface area contributed by atoms with Crippen LogP contribution in [0.1, 0.15) is 38.2 Å². The number of hydrogen-bond acceptors (Lipinski definition) is 3. The summed E-state index contributed by atoms with van der Waals surface area (Å²) in [5.74, 6) is 1.44. The van der Waals surface area contributed by atoms with Gasteiger partial charge in [0, 0.05) is 19.0 Å². The fraction of sp³-hybridized carbons (Fsp3) is 0.526. The predicted octanol–water partition coefficient (Wildman–Crippen LogP) is 1.39. The number of piperidine rings is 1. The molecule has 0 aliphatic carbocycles. The Morgan fingerprint density at radius 1 is 1.33 bits per heavy atom. The fourth-order valence-corrected chi connectivity index (χ4v) is 3.40. The molecule has 0 spiro atoms. The molecular weight excluding hydrogens is 304 g/mol.